The number of rotatable bonds is 4. The van der Waals surface area contributed by atoms with Crippen LogP contribution >= 0.6 is 0 Å². The van der Waals surface area contributed by atoms with Crippen LogP contribution in [0.25, 0.3) is 5.76 Å². The fourth-order valence-corrected chi connectivity index (χ4v) is 7.95. The molecule has 1 saturated heterocycles. The highest BCUT2D eigenvalue weighted by atomic mass is 16.3. The van der Waals surface area contributed by atoms with Crippen LogP contribution in [0.3, 0.4) is 0 Å². The smallest absolute Gasteiger partial charge is 0.255 e. The molecule has 0 unspecified atom stereocenters. The summed E-state index contributed by atoms with van der Waals surface area (Å²) in [5.74, 6) is -7.56. The van der Waals surface area contributed by atoms with E-state index in [0.29, 0.717) is 11.3 Å². The molecule has 6 atom stereocenters. The van der Waals surface area contributed by atoms with E-state index in [1.807, 2.05) is 31.0 Å². The highest BCUT2D eigenvalue weighted by Crippen LogP contribution is 2.59. The lowest BCUT2D eigenvalue weighted by Crippen LogP contribution is -2.68. The predicted octanol–water partition coefficient (Wildman–Crippen LogP) is 1.30. The van der Waals surface area contributed by atoms with Crippen LogP contribution in [0.4, 0.5) is 5.69 Å². The van der Waals surface area contributed by atoms with Crippen LogP contribution in [0, 0.1) is 17.8 Å². The molecule has 11 heteroatoms. The Hall–Kier alpha value is -3.41. The summed E-state index contributed by atoms with van der Waals surface area (Å²) in [5, 5.41) is 46.3. The number of anilines is 1. The summed E-state index contributed by atoms with van der Waals surface area (Å²) in [6.45, 7) is 5.48. The summed E-state index contributed by atoms with van der Waals surface area (Å²) in [5.41, 5.74) is 3.04. The van der Waals surface area contributed by atoms with E-state index in [0.717, 1.165) is 25.9 Å². The molecule has 1 aliphatic heterocycles. The Morgan fingerprint density at radius 2 is 1.68 bits per heavy atom. The summed E-state index contributed by atoms with van der Waals surface area (Å²) in [6.07, 6.45) is 1.80. The number of likely N-dealkylation sites (tertiary alicyclic amines) is 1. The van der Waals surface area contributed by atoms with Crippen LogP contribution in [-0.2, 0) is 14.4 Å². The Morgan fingerprint density at radius 3 is 2.24 bits per heavy atom. The first kappa shape index (κ1) is 29.1. The molecule has 1 amide bonds. The van der Waals surface area contributed by atoms with Crippen molar-refractivity contribution in [2.45, 2.75) is 50.3 Å². The Bertz CT molecular complexity index is 1390. The monoisotopic (exact) mass is 568 g/mol. The number of phenols is 1. The number of primary amides is 1. The second-order valence-electron chi connectivity index (χ2n) is 12.5. The van der Waals surface area contributed by atoms with Gasteiger partial charge in [-0.3, -0.25) is 19.3 Å². The maximum absolute atomic E-state index is 14.2. The van der Waals surface area contributed by atoms with Crippen molar-refractivity contribution in [3.8, 4) is 5.75 Å². The first-order valence-corrected chi connectivity index (χ1v) is 14.1. The number of amides is 1. The minimum absolute atomic E-state index is 0.110. The molecule has 1 saturated carbocycles. The molecule has 4 aliphatic rings. The number of carbonyl (C=O) groups is 3. The Morgan fingerprint density at radius 1 is 1.07 bits per heavy atom. The zero-order valence-corrected chi connectivity index (χ0v) is 24.4. The molecule has 1 aromatic rings. The fraction of sp³-hybridized carbons (Fsp3) is 0.567. The summed E-state index contributed by atoms with van der Waals surface area (Å²) < 4.78 is 0. The number of phenolic OH excluding ortho intramolecular Hbond substituents is 1. The number of aliphatic hydroxyl groups is 3. The topological polar surface area (TPSA) is 168 Å². The number of hydrogen-bond donors (Lipinski definition) is 5. The van der Waals surface area contributed by atoms with Crippen LogP contribution in [-0.4, -0.2) is 107 Å². The summed E-state index contributed by atoms with van der Waals surface area (Å²) in [6, 6.07) is 2.72. The van der Waals surface area contributed by atoms with Gasteiger partial charge in [0.25, 0.3) is 5.91 Å². The number of nitrogens with zero attached hydrogens (tertiary/aromatic N) is 3. The van der Waals surface area contributed by atoms with Gasteiger partial charge >= 0.3 is 0 Å². The maximum atomic E-state index is 14.2. The van der Waals surface area contributed by atoms with E-state index in [4.69, 9.17) is 5.73 Å². The lowest BCUT2D eigenvalue weighted by Gasteiger charge is -2.54. The van der Waals surface area contributed by atoms with Crippen molar-refractivity contribution in [2.75, 3.05) is 46.2 Å². The molecular formula is C30H40N4O7. The third kappa shape index (κ3) is 3.93. The van der Waals surface area contributed by atoms with Crippen LogP contribution < -0.4 is 10.6 Å². The van der Waals surface area contributed by atoms with Gasteiger partial charge in [0.15, 0.2) is 11.4 Å². The number of likely N-dealkylation sites (N-methyl/N-ethyl adjacent to an activating group) is 1. The quantitative estimate of drug-likeness (QED) is 0.334. The molecule has 1 aromatic carbocycles. The van der Waals surface area contributed by atoms with Crippen molar-refractivity contribution >= 4 is 28.9 Å². The van der Waals surface area contributed by atoms with Crippen LogP contribution in [0.5, 0.6) is 5.75 Å². The average Bonchev–Trinajstić information content (AvgIpc) is 2.90. The molecule has 0 spiro atoms. The molecule has 11 nitrogen and oxygen atoms in total. The van der Waals surface area contributed by atoms with Crippen LogP contribution in [0.2, 0.25) is 0 Å². The number of aliphatic hydroxyl groups excluding tert-OH is 2. The fourth-order valence-electron chi connectivity index (χ4n) is 7.95. The van der Waals surface area contributed by atoms with Gasteiger partial charge in [-0.15, -0.1) is 0 Å². The third-order valence-corrected chi connectivity index (χ3v) is 10.1. The number of nitrogens with two attached hydrogens (primary N) is 1. The minimum Gasteiger partial charge on any atom is -0.508 e. The second-order valence-corrected chi connectivity index (χ2v) is 12.5. The van der Waals surface area contributed by atoms with E-state index in [1.165, 1.54) is 4.90 Å². The number of carbonyl (C=O) groups excluding carboxylic acids is 3. The number of aromatic hydroxyl groups is 1. The lowest BCUT2D eigenvalue weighted by molar-refractivity contribution is -0.160. The molecule has 3 aliphatic carbocycles. The van der Waals surface area contributed by atoms with Gasteiger partial charge in [0.2, 0.25) is 5.78 Å². The standard InChI is InChI=1S/C30H40N4O7/c1-13-16-7-8-17(34(6)15-9-11-33(5)12-10-15)24(35)19(16)25(36)20-18(13)14(2)22-23(32(3)4)26(37)21(29(31)40)28(39)30(22,41)27(20)38/h7-8,13-15,18,22-23,35-36,39,41H,9-12H2,1-6H3,(H2,31,40)/t13-,14-,18-,22-,23-,30-/m0/s1. The first-order valence-electron chi connectivity index (χ1n) is 14.1. The molecule has 1 heterocycles. The van der Waals surface area contributed by atoms with Gasteiger partial charge < -0.3 is 36.0 Å². The van der Waals surface area contributed by atoms with Crippen molar-refractivity contribution in [1.29, 1.82) is 0 Å². The van der Waals surface area contributed by atoms with Crippen molar-refractivity contribution in [2.24, 2.45) is 23.5 Å². The van der Waals surface area contributed by atoms with Crippen molar-refractivity contribution < 1.29 is 34.8 Å². The molecule has 222 valence electrons. The summed E-state index contributed by atoms with van der Waals surface area (Å²) >= 11 is 0. The lowest BCUT2D eigenvalue weighted by atomic mass is 9.51. The normalized spacial score (nSPS) is 32.6. The molecular weight excluding hydrogens is 528 g/mol. The summed E-state index contributed by atoms with van der Waals surface area (Å²) in [7, 11) is 7.14. The molecule has 0 bridgehead atoms. The molecule has 5 rings (SSSR count). The third-order valence-electron chi connectivity index (χ3n) is 10.1. The highest BCUT2D eigenvalue weighted by Gasteiger charge is 2.67. The Kier molecular flexibility index (Phi) is 6.99. The number of Topliss-reactive ketones (excluding diaryl/α,β-unsaturated/α-hetero) is 2. The van der Waals surface area contributed by atoms with E-state index in [-0.39, 0.29) is 22.9 Å². The number of hydrogen-bond acceptors (Lipinski definition) is 10. The van der Waals surface area contributed by atoms with Crippen LogP contribution in [0.1, 0.15) is 43.7 Å². The van der Waals surface area contributed by atoms with Gasteiger partial charge in [-0.2, -0.15) is 0 Å². The summed E-state index contributed by atoms with van der Waals surface area (Å²) in [4.78, 5) is 45.6. The molecule has 0 aromatic heterocycles. The van der Waals surface area contributed by atoms with E-state index >= 15 is 0 Å². The molecule has 0 radical (unpaired) electrons. The minimum atomic E-state index is -2.68. The molecule has 2 fully saturated rings. The van der Waals surface area contributed by atoms with Gasteiger partial charge in [0.05, 0.1) is 17.3 Å². The maximum Gasteiger partial charge on any atom is 0.255 e. The number of piperidine rings is 1. The van der Waals surface area contributed by atoms with E-state index in [1.54, 1.807) is 21.0 Å². The molecule has 6 N–H and O–H groups in total. The predicted molar refractivity (Wildman–Crippen MR) is 152 cm³/mol. The highest BCUT2D eigenvalue weighted by molar-refractivity contribution is 6.24. The zero-order chi connectivity index (χ0) is 30.3. The number of ketones is 2. The van der Waals surface area contributed by atoms with Gasteiger partial charge in [-0.25, -0.2) is 0 Å². The molecule has 41 heavy (non-hydrogen) atoms. The SMILES string of the molecule is C[C@H]1[C@H]2C(=C(O)c3c(ccc(N(C)C4CCN(C)CC4)c3O)[C@@H]2C)C(=O)[C@]2(O)C(O)=C(C(N)=O)C(=O)[C@@H](N(C)C)[C@H]12. The van der Waals surface area contributed by atoms with Gasteiger partial charge in [-0.05, 0) is 70.5 Å². The van der Waals surface area contributed by atoms with Crippen LogP contribution in [0.15, 0.2) is 29.0 Å². The Balaban J connectivity index is 1.69. The first-order chi connectivity index (χ1) is 19.2. The van der Waals surface area contributed by atoms with E-state index in [9.17, 15) is 34.8 Å². The van der Waals surface area contributed by atoms with E-state index < -0.39 is 69.9 Å². The average molecular weight is 569 g/mol. The van der Waals surface area contributed by atoms with Gasteiger partial charge in [-0.1, -0.05) is 19.9 Å². The number of benzene rings is 1. The van der Waals surface area contributed by atoms with Crippen molar-refractivity contribution in [3.63, 3.8) is 0 Å². The number of fused-ring (bicyclic) bond motifs is 3. The largest absolute Gasteiger partial charge is 0.508 e. The van der Waals surface area contributed by atoms with Gasteiger partial charge in [0.1, 0.15) is 22.8 Å². The zero-order valence-electron chi connectivity index (χ0n) is 24.4. The van der Waals surface area contributed by atoms with E-state index in [2.05, 4.69) is 11.9 Å². The van der Waals surface area contributed by atoms with Gasteiger partial charge in [0, 0.05) is 30.5 Å². The van der Waals surface area contributed by atoms with Crippen molar-refractivity contribution in [1.82, 2.24) is 9.80 Å². The second kappa shape index (κ2) is 9.85. The van der Waals surface area contributed by atoms with Crippen molar-refractivity contribution in [3.05, 3.63) is 40.2 Å². The Labute approximate surface area is 239 Å².